The second-order valence-corrected chi connectivity index (χ2v) is 10.5. The van der Waals surface area contributed by atoms with Crippen molar-refractivity contribution in [3.8, 4) is 5.75 Å². The largest absolute Gasteiger partial charge is 0.492 e. The lowest BCUT2D eigenvalue weighted by atomic mass is 10.1. The molecule has 8 heteroatoms. The van der Waals surface area contributed by atoms with Crippen molar-refractivity contribution in [2.45, 2.75) is 26.3 Å². The molecule has 1 heterocycles. The molecule has 0 spiro atoms. The molecule has 7 nitrogen and oxygen atoms in total. The van der Waals surface area contributed by atoms with E-state index in [4.69, 9.17) is 4.74 Å². The van der Waals surface area contributed by atoms with Crippen LogP contribution in [0, 0.1) is 0 Å². The molecule has 4 rings (SSSR count). The third-order valence-electron chi connectivity index (χ3n) is 5.97. The van der Waals surface area contributed by atoms with Crippen LogP contribution in [0.15, 0.2) is 72.8 Å². The first kappa shape index (κ1) is 24.6. The summed E-state index contributed by atoms with van der Waals surface area (Å²) in [5.74, 6) is 0.291. The Labute approximate surface area is 207 Å². The van der Waals surface area contributed by atoms with E-state index in [2.05, 4.69) is 10.2 Å². The summed E-state index contributed by atoms with van der Waals surface area (Å²) < 4.78 is 32.1. The van der Waals surface area contributed by atoms with Gasteiger partial charge in [0.2, 0.25) is 10.0 Å². The van der Waals surface area contributed by atoms with Gasteiger partial charge in [-0.1, -0.05) is 24.3 Å². The Morgan fingerprint density at radius 1 is 0.971 bits per heavy atom. The standard InChI is InChI=1S/C27H31N3O4S/c1-3-34-26-9-5-4-8-25(26)30(35(2,32)33)20-21-10-12-22(13-11-21)27(31)28-23-14-16-24(17-15-23)29-18-6-7-19-29/h4-5,8-17H,3,6-7,18-20H2,1-2H3,(H,28,31). The van der Waals surface area contributed by atoms with Gasteiger partial charge in [-0.3, -0.25) is 9.10 Å². The summed E-state index contributed by atoms with van der Waals surface area (Å²) in [4.78, 5) is 15.1. The number of amides is 1. The maximum atomic E-state index is 12.7. The summed E-state index contributed by atoms with van der Waals surface area (Å²) in [6.45, 7) is 4.56. The first-order valence-electron chi connectivity index (χ1n) is 11.8. The van der Waals surface area contributed by atoms with Crippen molar-refractivity contribution in [1.82, 2.24) is 0 Å². The molecule has 0 unspecified atom stereocenters. The molecule has 0 saturated carbocycles. The number of nitrogens with zero attached hydrogens (tertiary/aromatic N) is 2. The molecule has 1 fully saturated rings. The van der Waals surface area contributed by atoms with Gasteiger partial charge >= 0.3 is 0 Å². The first-order valence-corrected chi connectivity index (χ1v) is 13.6. The Bertz CT molecular complexity index is 1250. The van der Waals surface area contributed by atoms with E-state index in [9.17, 15) is 13.2 Å². The smallest absolute Gasteiger partial charge is 0.255 e. The molecule has 3 aromatic carbocycles. The fourth-order valence-corrected chi connectivity index (χ4v) is 5.08. The molecule has 0 bridgehead atoms. The van der Waals surface area contributed by atoms with E-state index in [-0.39, 0.29) is 12.5 Å². The van der Waals surface area contributed by atoms with Crippen molar-refractivity contribution < 1.29 is 17.9 Å². The van der Waals surface area contributed by atoms with Crippen molar-refractivity contribution in [1.29, 1.82) is 0 Å². The highest BCUT2D eigenvalue weighted by molar-refractivity contribution is 7.92. The quantitative estimate of drug-likeness (QED) is 0.459. The molecular formula is C27H31N3O4S. The second kappa shape index (κ2) is 10.8. The number of hydrogen-bond acceptors (Lipinski definition) is 5. The van der Waals surface area contributed by atoms with E-state index in [0.717, 1.165) is 24.3 Å². The number of nitrogens with one attached hydrogen (secondary N) is 1. The Morgan fingerprint density at radius 3 is 2.26 bits per heavy atom. The number of benzene rings is 3. The molecule has 0 radical (unpaired) electrons. The minimum atomic E-state index is -3.56. The van der Waals surface area contributed by atoms with E-state index in [0.29, 0.717) is 23.6 Å². The van der Waals surface area contributed by atoms with Gasteiger partial charge in [0.15, 0.2) is 0 Å². The van der Waals surface area contributed by atoms with Crippen molar-refractivity contribution in [2.75, 3.05) is 40.5 Å². The van der Waals surface area contributed by atoms with E-state index < -0.39 is 10.0 Å². The van der Waals surface area contributed by atoms with Crippen LogP contribution in [0.5, 0.6) is 5.75 Å². The van der Waals surface area contributed by atoms with Gasteiger partial charge in [0.05, 0.1) is 25.1 Å². The summed E-state index contributed by atoms with van der Waals surface area (Å²) in [5, 5.41) is 2.93. The third-order valence-corrected chi connectivity index (χ3v) is 7.10. The Kier molecular flexibility index (Phi) is 7.60. The molecule has 184 valence electrons. The van der Waals surface area contributed by atoms with E-state index in [1.165, 1.54) is 29.1 Å². The van der Waals surface area contributed by atoms with Crippen molar-refractivity contribution in [2.24, 2.45) is 0 Å². The zero-order valence-corrected chi connectivity index (χ0v) is 20.9. The average Bonchev–Trinajstić information content (AvgIpc) is 3.38. The van der Waals surface area contributed by atoms with Crippen LogP contribution in [0.3, 0.4) is 0 Å². The lowest BCUT2D eigenvalue weighted by Gasteiger charge is -2.24. The van der Waals surface area contributed by atoms with E-state index in [1.54, 1.807) is 42.5 Å². The summed E-state index contributed by atoms with van der Waals surface area (Å²) >= 11 is 0. The summed E-state index contributed by atoms with van der Waals surface area (Å²) in [5.41, 5.74) is 3.64. The SMILES string of the molecule is CCOc1ccccc1N(Cc1ccc(C(=O)Nc2ccc(N3CCCC3)cc2)cc1)S(C)(=O)=O. The number of para-hydroxylation sites is 2. The molecule has 0 atom stereocenters. The van der Waals surface area contributed by atoms with Crippen molar-refractivity contribution in [3.63, 3.8) is 0 Å². The van der Waals surface area contributed by atoms with Crippen LogP contribution in [-0.4, -0.2) is 40.3 Å². The monoisotopic (exact) mass is 493 g/mol. The lowest BCUT2D eigenvalue weighted by molar-refractivity contribution is 0.102. The number of rotatable bonds is 9. The van der Waals surface area contributed by atoms with Crippen LogP contribution in [0.4, 0.5) is 17.1 Å². The molecule has 3 aromatic rings. The Balaban J connectivity index is 1.45. The molecule has 35 heavy (non-hydrogen) atoms. The van der Waals surface area contributed by atoms with Crippen molar-refractivity contribution >= 4 is 33.0 Å². The summed E-state index contributed by atoms with van der Waals surface area (Å²) in [6.07, 6.45) is 3.61. The van der Waals surface area contributed by atoms with E-state index in [1.807, 2.05) is 37.3 Å². The van der Waals surface area contributed by atoms with Crippen LogP contribution >= 0.6 is 0 Å². The fourth-order valence-electron chi connectivity index (χ4n) is 4.18. The predicted octanol–water partition coefficient (Wildman–Crippen LogP) is 4.90. The summed E-state index contributed by atoms with van der Waals surface area (Å²) in [7, 11) is -3.56. The normalized spacial score (nSPS) is 13.5. The number of hydrogen-bond donors (Lipinski definition) is 1. The number of carbonyl (C=O) groups is 1. The van der Waals surface area contributed by atoms with Gasteiger partial charge < -0.3 is 15.0 Å². The van der Waals surface area contributed by atoms with E-state index >= 15 is 0 Å². The van der Waals surface area contributed by atoms with Gasteiger partial charge in [-0.05, 0) is 73.9 Å². The molecule has 1 amide bonds. The fraction of sp³-hybridized carbons (Fsp3) is 0.296. The number of carbonyl (C=O) groups excluding carboxylic acids is 1. The highest BCUT2D eigenvalue weighted by Crippen LogP contribution is 2.31. The molecule has 0 aromatic heterocycles. The van der Waals surface area contributed by atoms with Gasteiger partial charge in [-0.15, -0.1) is 0 Å². The average molecular weight is 494 g/mol. The molecule has 1 saturated heterocycles. The zero-order chi connectivity index (χ0) is 24.8. The topological polar surface area (TPSA) is 79.0 Å². The van der Waals surface area contributed by atoms with Crippen LogP contribution in [-0.2, 0) is 16.6 Å². The number of anilines is 3. The van der Waals surface area contributed by atoms with Gasteiger partial charge in [0.1, 0.15) is 5.75 Å². The zero-order valence-electron chi connectivity index (χ0n) is 20.1. The maximum absolute atomic E-state index is 12.7. The van der Waals surface area contributed by atoms with Crippen molar-refractivity contribution in [3.05, 3.63) is 83.9 Å². The second-order valence-electron chi connectivity index (χ2n) is 8.56. The van der Waals surface area contributed by atoms with Gasteiger partial charge in [0.25, 0.3) is 5.91 Å². The molecule has 1 aliphatic heterocycles. The van der Waals surface area contributed by atoms with Gasteiger partial charge in [0, 0.05) is 30.0 Å². The highest BCUT2D eigenvalue weighted by atomic mass is 32.2. The van der Waals surface area contributed by atoms with Gasteiger partial charge in [-0.2, -0.15) is 0 Å². The molecular weight excluding hydrogens is 462 g/mol. The number of sulfonamides is 1. The van der Waals surface area contributed by atoms with Gasteiger partial charge in [-0.25, -0.2) is 8.42 Å². The minimum Gasteiger partial charge on any atom is -0.492 e. The first-order chi connectivity index (χ1) is 16.8. The lowest BCUT2D eigenvalue weighted by Crippen LogP contribution is -2.29. The molecule has 1 aliphatic rings. The number of ether oxygens (including phenoxy) is 1. The minimum absolute atomic E-state index is 0.128. The highest BCUT2D eigenvalue weighted by Gasteiger charge is 2.21. The van der Waals surface area contributed by atoms with Crippen LogP contribution in [0.25, 0.3) is 0 Å². The predicted molar refractivity (Wildman–Crippen MR) is 141 cm³/mol. The molecule has 1 N–H and O–H groups in total. The van der Waals surface area contributed by atoms with Crippen LogP contribution in [0.1, 0.15) is 35.7 Å². The third kappa shape index (κ3) is 6.14. The summed E-state index contributed by atoms with van der Waals surface area (Å²) in [6, 6.07) is 21.9. The Hall–Kier alpha value is -3.52. The Morgan fingerprint density at radius 2 is 1.63 bits per heavy atom. The van der Waals surface area contributed by atoms with Crippen LogP contribution in [0.2, 0.25) is 0 Å². The van der Waals surface area contributed by atoms with Crippen LogP contribution < -0.4 is 19.3 Å². The molecule has 0 aliphatic carbocycles. The maximum Gasteiger partial charge on any atom is 0.255 e.